The van der Waals surface area contributed by atoms with Crippen molar-refractivity contribution in [3.05, 3.63) is 29.3 Å². The largest absolute Gasteiger partial charge is 0.396 e. The summed E-state index contributed by atoms with van der Waals surface area (Å²) >= 11 is 5.82. The molecular weight excluding hydrogens is 222 g/mol. The molecule has 0 aliphatic heterocycles. The van der Waals surface area contributed by atoms with E-state index in [0.717, 1.165) is 17.8 Å². The minimum atomic E-state index is 0.264. The van der Waals surface area contributed by atoms with Crippen LogP contribution in [0.3, 0.4) is 0 Å². The van der Waals surface area contributed by atoms with Gasteiger partial charge in [-0.15, -0.1) is 6.58 Å². The van der Waals surface area contributed by atoms with E-state index in [-0.39, 0.29) is 5.28 Å². The number of nitrogen functional groups attached to an aromatic ring is 1. The third kappa shape index (κ3) is 2.95. The molecule has 4 heteroatoms. The molecule has 1 aromatic rings. The molecule has 88 valence electrons. The fraction of sp³-hybridized carbons (Fsp3) is 0.500. The van der Waals surface area contributed by atoms with Crippen LogP contribution < -0.4 is 5.73 Å². The molecule has 0 aliphatic rings. The van der Waals surface area contributed by atoms with E-state index in [1.807, 2.05) is 13.0 Å². The quantitative estimate of drug-likeness (QED) is 0.649. The van der Waals surface area contributed by atoms with Gasteiger partial charge >= 0.3 is 0 Å². The van der Waals surface area contributed by atoms with Crippen molar-refractivity contribution in [1.82, 2.24) is 9.97 Å². The fourth-order valence-corrected chi connectivity index (χ4v) is 1.71. The number of halogens is 1. The maximum atomic E-state index is 5.93. The van der Waals surface area contributed by atoms with E-state index >= 15 is 0 Å². The molecule has 1 aromatic heterocycles. The van der Waals surface area contributed by atoms with Crippen LogP contribution in [-0.2, 0) is 6.42 Å². The third-order valence-electron chi connectivity index (χ3n) is 2.97. The van der Waals surface area contributed by atoms with Crippen molar-refractivity contribution in [3.8, 4) is 0 Å². The first-order valence-electron chi connectivity index (χ1n) is 5.36. The van der Waals surface area contributed by atoms with Gasteiger partial charge in [-0.05, 0) is 36.8 Å². The molecule has 1 rings (SSSR count). The van der Waals surface area contributed by atoms with Gasteiger partial charge in [0.15, 0.2) is 0 Å². The van der Waals surface area contributed by atoms with Crippen molar-refractivity contribution in [1.29, 1.82) is 0 Å². The maximum Gasteiger partial charge on any atom is 0.222 e. The van der Waals surface area contributed by atoms with Gasteiger partial charge in [-0.2, -0.15) is 0 Å². The molecule has 2 atom stereocenters. The summed E-state index contributed by atoms with van der Waals surface area (Å²) in [5.74, 6) is 0.860. The lowest BCUT2D eigenvalue weighted by molar-refractivity contribution is 0.454. The molecular formula is C12H18ClN3. The summed E-state index contributed by atoms with van der Waals surface area (Å²) in [6, 6.07) is 0. The fourth-order valence-electron chi connectivity index (χ4n) is 1.48. The molecule has 0 amide bonds. The highest BCUT2D eigenvalue weighted by Crippen LogP contribution is 2.22. The van der Waals surface area contributed by atoms with Crippen LogP contribution in [-0.4, -0.2) is 9.97 Å². The van der Waals surface area contributed by atoms with Crippen LogP contribution in [0.2, 0.25) is 5.28 Å². The first-order chi connectivity index (χ1) is 7.45. The standard InChI is InChI=1S/C12H18ClN3/c1-5-7(2)8(3)6-10-11(14)9(4)15-12(13)16-10/h5,7-8H,1,6,14H2,2-4H3. The monoisotopic (exact) mass is 239 g/mol. The minimum Gasteiger partial charge on any atom is -0.396 e. The van der Waals surface area contributed by atoms with Gasteiger partial charge in [-0.3, -0.25) is 0 Å². The Kier molecular flexibility index (Phi) is 4.30. The molecule has 0 fully saturated rings. The summed E-state index contributed by atoms with van der Waals surface area (Å²) in [4.78, 5) is 8.20. The van der Waals surface area contributed by atoms with Gasteiger partial charge < -0.3 is 5.73 Å². The highest BCUT2D eigenvalue weighted by Gasteiger charge is 2.14. The summed E-state index contributed by atoms with van der Waals surface area (Å²) in [6.45, 7) is 9.91. The number of anilines is 1. The topological polar surface area (TPSA) is 51.8 Å². The maximum absolute atomic E-state index is 5.93. The zero-order valence-corrected chi connectivity index (χ0v) is 10.8. The molecule has 0 saturated carbocycles. The SMILES string of the molecule is C=CC(C)C(C)Cc1nc(Cl)nc(C)c1N. The summed E-state index contributed by atoms with van der Waals surface area (Å²) in [5.41, 5.74) is 8.15. The van der Waals surface area contributed by atoms with Crippen molar-refractivity contribution >= 4 is 17.3 Å². The summed E-state index contributed by atoms with van der Waals surface area (Å²) < 4.78 is 0. The minimum absolute atomic E-state index is 0.264. The number of nitrogens with two attached hydrogens (primary N) is 1. The van der Waals surface area contributed by atoms with E-state index in [1.54, 1.807) is 0 Å². The van der Waals surface area contributed by atoms with Crippen LogP contribution >= 0.6 is 11.6 Å². The highest BCUT2D eigenvalue weighted by molar-refractivity contribution is 6.28. The normalized spacial score (nSPS) is 14.5. The number of aryl methyl sites for hydroxylation is 1. The highest BCUT2D eigenvalue weighted by atomic mass is 35.5. The molecule has 0 saturated heterocycles. The second-order valence-corrected chi connectivity index (χ2v) is 4.55. The van der Waals surface area contributed by atoms with E-state index in [0.29, 0.717) is 17.5 Å². The van der Waals surface area contributed by atoms with Crippen LogP contribution in [0.25, 0.3) is 0 Å². The molecule has 0 radical (unpaired) electrons. The molecule has 3 nitrogen and oxygen atoms in total. The smallest absolute Gasteiger partial charge is 0.222 e. The first-order valence-corrected chi connectivity index (χ1v) is 5.74. The van der Waals surface area contributed by atoms with E-state index in [9.17, 15) is 0 Å². The first kappa shape index (κ1) is 13.0. The zero-order chi connectivity index (χ0) is 12.3. The molecule has 0 aromatic carbocycles. The molecule has 0 aliphatic carbocycles. The summed E-state index contributed by atoms with van der Waals surface area (Å²) in [5, 5.41) is 0.264. The number of nitrogens with zero attached hydrogens (tertiary/aromatic N) is 2. The predicted molar refractivity (Wildman–Crippen MR) is 68.4 cm³/mol. The third-order valence-corrected chi connectivity index (χ3v) is 3.14. The lowest BCUT2D eigenvalue weighted by Crippen LogP contribution is -2.12. The van der Waals surface area contributed by atoms with Gasteiger partial charge in [-0.25, -0.2) is 9.97 Å². The Labute approximate surface area is 102 Å². The lowest BCUT2D eigenvalue weighted by atomic mass is 9.91. The lowest BCUT2D eigenvalue weighted by Gasteiger charge is -2.17. The van der Waals surface area contributed by atoms with Gasteiger partial charge in [0, 0.05) is 0 Å². The molecule has 16 heavy (non-hydrogen) atoms. The second-order valence-electron chi connectivity index (χ2n) is 4.21. The van der Waals surface area contributed by atoms with E-state index in [1.165, 1.54) is 0 Å². The Balaban J connectivity index is 2.92. The Morgan fingerprint density at radius 1 is 1.44 bits per heavy atom. The van der Waals surface area contributed by atoms with Gasteiger partial charge in [0.05, 0.1) is 17.1 Å². The molecule has 1 heterocycles. The number of allylic oxidation sites excluding steroid dienone is 1. The molecule has 0 bridgehead atoms. The second kappa shape index (κ2) is 5.30. The number of rotatable bonds is 4. The Bertz CT molecular complexity index is 390. The van der Waals surface area contributed by atoms with E-state index < -0.39 is 0 Å². The van der Waals surface area contributed by atoms with Crippen LogP contribution in [0.4, 0.5) is 5.69 Å². The summed E-state index contributed by atoms with van der Waals surface area (Å²) in [6.07, 6.45) is 2.73. The molecule has 2 unspecified atom stereocenters. The molecule has 2 N–H and O–H groups in total. The van der Waals surface area contributed by atoms with Gasteiger partial charge in [-0.1, -0.05) is 19.9 Å². The Morgan fingerprint density at radius 2 is 2.06 bits per heavy atom. The number of aromatic nitrogens is 2. The van der Waals surface area contributed by atoms with Gasteiger partial charge in [0.1, 0.15) is 0 Å². The van der Waals surface area contributed by atoms with Crippen molar-refractivity contribution in [3.63, 3.8) is 0 Å². The Morgan fingerprint density at radius 3 is 2.62 bits per heavy atom. The van der Waals surface area contributed by atoms with Crippen molar-refractivity contribution in [2.75, 3.05) is 5.73 Å². The van der Waals surface area contributed by atoms with E-state index in [2.05, 4.69) is 30.4 Å². The van der Waals surface area contributed by atoms with Gasteiger partial charge in [0.2, 0.25) is 5.28 Å². The van der Waals surface area contributed by atoms with Crippen LogP contribution in [0, 0.1) is 18.8 Å². The zero-order valence-electron chi connectivity index (χ0n) is 10.00. The molecule has 0 spiro atoms. The number of hydrogen-bond acceptors (Lipinski definition) is 3. The van der Waals surface area contributed by atoms with Crippen LogP contribution in [0.1, 0.15) is 25.2 Å². The Hall–Kier alpha value is -1.09. The average Bonchev–Trinajstić information content (AvgIpc) is 2.23. The van der Waals surface area contributed by atoms with Crippen LogP contribution in [0.5, 0.6) is 0 Å². The van der Waals surface area contributed by atoms with Crippen molar-refractivity contribution in [2.45, 2.75) is 27.2 Å². The van der Waals surface area contributed by atoms with Gasteiger partial charge in [0.25, 0.3) is 0 Å². The van der Waals surface area contributed by atoms with Crippen molar-refractivity contribution in [2.24, 2.45) is 11.8 Å². The summed E-state index contributed by atoms with van der Waals surface area (Å²) in [7, 11) is 0. The van der Waals surface area contributed by atoms with Crippen LogP contribution in [0.15, 0.2) is 12.7 Å². The van der Waals surface area contributed by atoms with Crippen molar-refractivity contribution < 1.29 is 0 Å². The number of hydrogen-bond donors (Lipinski definition) is 1. The predicted octanol–water partition coefficient (Wildman–Crippen LogP) is 3.02. The average molecular weight is 240 g/mol. The van der Waals surface area contributed by atoms with E-state index in [4.69, 9.17) is 17.3 Å².